The summed E-state index contributed by atoms with van der Waals surface area (Å²) in [5, 5.41) is 0. The molecule has 1 aromatic carbocycles. The molecule has 0 spiro atoms. The van der Waals surface area contributed by atoms with Crippen molar-refractivity contribution >= 4 is 0 Å². The van der Waals surface area contributed by atoms with Crippen LogP contribution >= 0.6 is 0 Å². The zero-order valence-corrected chi connectivity index (χ0v) is 8.82. The second-order valence-corrected chi connectivity index (χ2v) is 3.35. The lowest BCUT2D eigenvalue weighted by Gasteiger charge is -2.16. The summed E-state index contributed by atoms with van der Waals surface area (Å²) in [6, 6.07) is 10.3. The average molecular weight is 197 g/mol. The molecule has 0 heterocycles. The second kappa shape index (κ2) is 6.71. The fourth-order valence-electron chi connectivity index (χ4n) is 1.40. The first-order valence-electron chi connectivity index (χ1n) is 5.00. The lowest BCUT2D eigenvalue weighted by molar-refractivity contribution is 0.350. The molecule has 0 amide bonds. The zero-order chi connectivity index (χ0) is 10.9. The minimum absolute atomic E-state index is 0.622. The summed E-state index contributed by atoms with van der Waals surface area (Å²) in [7, 11) is 0. The van der Waals surface area contributed by atoms with Gasteiger partial charge in [0.1, 0.15) is 0 Å². The molecule has 0 fully saturated rings. The molecule has 0 aliphatic carbocycles. The van der Waals surface area contributed by atoms with Crippen LogP contribution in [0, 0.1) is 24.7 Å². The molecular weight excluding hydrogens is 182 g/mol. The maximum Gasteiger partial charge on any atom is 0.0607 e. The van der Waals surface area contributed by atoms with E-state index in [9.17, 15) is 0 Å². The molecule has 0 radical (unpaired) electrons. The Kier molecular flexibility index (Phi) is 5.09. The Balaban J connectivity index is 2.41. The van der Waals surface area contributed by atoms with Gasteiger partial charge in [0.15, 0.2) is 0 Å². The van der Waals surface area contributed by atoms with Crippen LogP contribution in [-0.4, -0.2) is 24.5 Å². The maximum absolute atomic E-state index is 5.27. The first kappa shape index (κ1) is 11.4. The second-order valence-electron chi connectivity index (χ2n) is 3.35. The molecule has 1 nitrogen and oxygen atoms in total. The van der Waals surface area contributed by atoms with Crippen molar-refractivity contribution in [3.8, 4) is 24.7 Å². The van der Waals surface area contributed by atoms with Gasteiger partial charge in [0, 0.05) is 6.54 Å². The molecule has 0 unspecified atom stereocenters. The smallest absolute Gasteiger partial charge is 0.0607 e. The van der Waals surface area contributed by atoms with Crippen molar-refractivity contribution in [2.75, 3.05) is 19.6 Å². The normalized spacial score (nSPS) is 9.53. The third kappa shape index (κ3) is 4.36. The standard InChI is InChI=1S/C14H15N/c1-3-11-15(12-4-2)13-10-14-8-6-5-7-9-14/h1-2,5-9H,10-13H2. The van der Waals surface area contributed by atoms with E-state index in [1.54, 1.807) is 0 Å². The van der Waals surface area contributed by atoms with Gasteiger partial charge in [-0.25, -0.2) is 0 Å². The van der Waals surface area contributed by atoms with E-state index in [2.05, 4.69) is 28.9 Å². The molecule has 15 heavy (non-hydrogen) atoms. The summed E-state index contributed by atoms with van der Waals surface area (Å²) < 4.78 is 0. The number of hydrogen-bond acceptors (Lipinski definition) is 1. The fourth-order valence-corrected chi connectivity index (χ4v) is 1.40. The average Bonchev–Trinajstić information content (AvgIpc) is 2.28. The molecule has 1 heteroatoms. The van der Waals surface area contributed by atoms with Crippen LogP contribution < -0.4 is 0 Å². The molecule has 76 valence electrons. The van der Waals surface area contributed by atoms with Crippen molar-refractivity contribution in [3.05, 3.63) is 35.9 Å². The summed E-state index contributed by atoms with van der Waals surface area (Å²) in [5.41, 5.74) is 1.32. The van der Waals surface area contributed by atoms with E-state index in [1.165, 1.54) is 5.56 Å². The minimum Gasteiger partial charge on any atom is -0.281 e. The van der Waals surface area contributed by atoms with Crippen LogP contribution in [0.5, 0.6) is 0 Å². The van der Waals surface area contributed by atoms with Crippen molar-refractivity contribution in [1.29, 1.82) is 0 Å². The Hall–Kier alpha value is -1.70. The predicted octanol–water partition coefficient (Wildman–Crippen LogP) is 1.80. The van der Waals surface area contributed by atoms with E-state index in [0.717, 1.165) is 13.0 Å². The van der Waals surface area contributed by atoms with Crippen LogP contribution in [0.4, 0.5) is 0 Å². The van der Waals surface area contributed by atoms with Gasteiger partial charge in [0.25, 0.3) is 0 Å². The fraction of sp³-hybridized carbons (Fsp3) is 0.286. The van der Waals surface area contributed by atoms with Crippen LogP contribution in [0.2, 0.25) is 0 Å². The molecule has 0 saturated heterocycles. The highest BCUT2D eigenvalue weighted by molar-refractivity contribution is 5.15. The number of benzene rings is 1. The molecule has 0 aliphatic heterocycles. The van der Waals surface area contributed by atoms with Crippen molar-refractivity contribution in [2.24, 2.45) is 0 Å². The van der Waals surface area contributed by atoms with Gasteiger partial charge in [0.2, 0.25) is 0 Å². The lowest BCUT2D eigenvalue weighted by atomic mass is 10.1. The van der Waals surface area contributed by atoms with Crippen LogP contribution in [-0.2, 0) is 6.42 Å². The molecule has 0 aromatic heterocycles. The summed E-state index contributed by atoms with van der Waals surface area (Å²) in [4.78, 5) is 2.09. The van der Waals surface area contributed by atoms with E-state index in [4.69, 9.17) is 12.8 Å². The van der Waals surface area contributed by atoms with E-state index in [1.807, 2.05) is 18.2 Å². The van der Waals surface area contributed by atoms with Gasteiger partial charge in [-0.1, -0.05) is 42.2 Å². The van der Waals surface area contributed by atoms with Gasteiger partial charge < -0.3 is 0 Å². The largest absolute Gasteiger partial charge is 0.281 e. The Morgan fingerprint density at radius 1 is 1.00 bits per heavy atom. The molecule has 1 aromatic rings. The zero-order valence-electron chi connectivity index (χ0n) is 8.82. The van der Waals surface area contributed by atoms with Crippen LogP contribution in [0.3, 0.4) is 0 Å². The monoisotopic (exact) mass is 197 g/mol. The Morgan fingerprint density at radius 2 is 1.60 bits per heavy atom. The van der Waals surface area contributed by atoms with Crippen LogP contribution in [0.25, 0.3) is 0 Å². The lowest BCUT2D eigenvalue weighted by Crippen LogP contribution is -2.26. The van der Waals surface area contributed by atoms with Gasteiger partial charge in [-0.15, -0.1) is 12.8 Å². The van der Waals surface area contributed by atoms with E-state index < -0.39 is 0 Å². The van der Waals surface area contributed by atoms with Crippen molar-refractivity contribution < 1.29 is 0 Å². The SMILES string of the molecule is C#CCN(CC#C)CCc1ccccc1. The third-order valence-electron chi connectivity index (χ3n) is 2.19. The molecule has 0 aliphatic rings. The predicted molar refractivity (Wildman–Crippen MR) is 64.3 cm³/mol. The van der Waals surface area contributed by atoms with Crippen LogP contribution in [0.15, 0.2) is 30.3 Å². The minimum atomic E-state index is 0.622. The summed E-state index contributed by atoms with van der Waals surface area (Å²) >= 11 is 0. The number of terminal acetylenes is 2. The maximum atomic E-state index is 5.27. The summed E-state index contributed by atoms with van der Waals surface area (Å²) in [6.45, 7) is 2.16. The van der Waals surface area contributed by atoms with Crippen molar-refractivity contribution in [2.45, 2.75) is 6.42 Å². The Labute approximate surface area is 92.1 Å². The summed E-state index contributed by atoms with van der Waals surface area (Å²) in [5.74, 6) is 5.24. The first-order valence-corrected chi connectivity index (χ1v) is 5.00. The van der Waals surface area contributed by atoms with E-state index >= 15 is 0 Å². The molecule has 1 rings (SSSR count). The molecule has 0 atom stereocenters. The topological polar surface area (TPSA) is 3.24 Å². The van der Waals surface area contributed by atoms with E-state index in [-0.39, 0.29) is 0 Å². The molecule has 0 N–H and O–H groups in total. The quantitative estimate of drug-likeness (QED) is 0.651. The Bertz CT molecular complexity index is 337. The van der Waals surface area contributed by atoms with Gasteiger partial charge in [0.05, 0.1) is 13.1 Å². The highest BCUT2D eigenvalue weighted by Crippen LogP contribution is 2.00. The highest BCUT2D eigenvalue weighted by atomic mass is 15.1. The van der Waals surface area contributed by atoms with Crippen molar-refractivity contribution in [1.82, 2.24) is 4.90 Å². The number of nitrogens with zero attached hydrogens (tertiary/aromatic N) is 1. The Morgan fingerprint density at radius 3 is 2.13 bits per heavy atom. The van der Waals surface area contributed by atoms with Crippen LogP contribution in [0.1, 0.15) is 5.56 Å². The number of rotatable bonds is 5. The first-order chi connectivity index (χ1) is 7.36. The van der Waals surface area contributed by atoms with Gasteiger partial charge in [-0.05, 0) is 12.0 Å². The highest BCUT2D eigenvalue weighted by Gasteiger charge is 2.01. The van der Waals surface area contributed by atoms with E-state index in [0.29, 0.717) is 13.1 Å². The van der Waals surface area contributed by atoms with Gasteiger partial charge >= 0.3 is 0 Å². The third-order valence-corrected chi connectivity index (χ3v) is 2.19. The molecule has 0 bridgehead atoms. The summed E-state index contributed by atoms with van der Waals surface area (Å²) in [6.07, 6.45) is 11.5. The van der Waals surface area contributed by atoms with Crippen molar-refractivity contribution in [3.63, 3.8) is 0 Å². The molecular formula is C14H15N. The molecule has 0 saturated carbocycles. The van der Waals surface area contributed by atoms with Gasteiger partial charge in [-0.2, -0.15) is 0 Å². The number of hydrogen-bond donors (Lipinski definition) is 0. The van der Waals surface area contributed by atoms with Gasteiger partial charge in [-0.3, -0.25) is 4.90 Å².